The van der Waals surface area contributed by atoms with Gasteiger partial charge in [0.15, 0.2) is 5.96 Å². The number of carbonyl (C=O) groups is 2. The first kappa shape index (κ1) is 22.7. The van der Waals surface area contributed by atoms with Crippen LogP contribution in [0.25, 0.3) is 6.08 Å². The fraction of sp³-hybridized carbons (Fsp3) is 0.261. The number of hydrogen-bond acceptors (Lipinski definition) is 4. The first-order valence-electron chi connectivity index (χ1n) is 9.91. The number of nitrogens with zero attached hydrogens (tertiary/aromatic N) is 2. The number of carbonyl (C=O) groups excluding carboxylic acids is 2. The molecule has 0 heterocycles. The summed E-state index contributed by atoms with van der Waals surface area (Å²) in [5.74, 6) is -0.127. The van der Waals surface area contributed by atoms with E-state index in [-0.39, 0.29) is 11.9 Å². The number of hydrogen-bond donors (Lipinski definition) is 2. The quantitative estimate of drug-likeness (QED) is 0.217. The van der Waals surface area contributed by atoms with Crippen LogP contribution in [0.5, 0.6) is 5.75 Å². The smallest absolute Gasteiger partial charge is 0.343 e. The highest BCUT2D eigenvalue weighted by Crippen LogP contribution is 2.17. The number of benzene rings is 2. The van der Waals surface area contributed by atoms with Crippen LogP contribution in [0.2, 0.25) is 0 Å². The van der Waals surface area contributed by atoms with Gasteiger partial charge in [-0.15, -0.1) is 0 Å². The minimum absolute atomic E-state index is 0.00150. The predicted octanol–water partition coefficient (Wildman–Crippen LogP) is 3.47. The molecule has 2 rings (SSSR count). The molecule has 2 aromatic carbocycles. The fourth-order valence-electron chi connectivity index (χ4n) is 2.78. The van der Waals surface area contributed by atoms with E-state index >= 15 is 0 Å². The van der Waals surface area contributed by atoms with E-state index in [1.807, 2.05) is 4.90 Å². The Hall–Kier alpha value is -3.61. The zero-order valence-corrected chi connectivity index (χ0v) is 17.4. The van der Waals surface area contributed by atoms with Gasteiger partial charge in [0.25, 0.3) is 0 Å². The molecule has 158 valence electrons. The van der Waals surface area contributed by atoms with E-state index in [0.29, 0.717) is 17.0 Å². The Labute approximate surface area is 177 Å². The van der Waals surface area contributed by atoms with Gasteiger partial charge in [0.05, 0.1) is 11.3 Å². The monoisotopic (exact) mass is 408 g/mol. The normalized spacial score (nSPS) is 10.6. The summed E-state index contributed by atoms with van der Waals surface area (Å²) >= 11 is 0. The molecule has 0 aromatic heterocycles. The van der Waals surface area contributed by atoms with Crippen LogP contribution in [0.3, 0.4) is 0 Å². The van der Waals surface area contributed by atoms with Gasteiger partial charge < -0.3 is 21.1 Å². The molecule has 0 spiro atoms. The molecule has 0 aliphatic carbocycles. The van der Waals surface area contributed by atoms with Crippen LogP contribution in [0.15, 0.2) is 59.6 Å². The summed E-state index contributed by atoms with van der Waals surface area (Å²) in [6.07, 6.45) is 5.19. The number of ether oxygens (including phenoxy) is 1. The number of esters is 1. The van der Waals surface area contributed by atoms with Crippen molar-refractivity contribution in [2.45, 2.75) is 26.7 Å². The maximum Gasteiger partial charge on any atom is 0.343 e. The predicted molar refractivity (Wildman–Crippen MR) is 120 cm³/mol. The highest BCUT2D eigenvalue weighted by Gasteiger charge is 2.09. The first-order chi connectivity index (χ1) is 14.4. The van der Waals surface area contributed by atoms with Crippen molar-refractivity contribution in [2.24, 2.45) is 16.5 Å². The molecule has 0 aliphatic rings. The summed E-state index contributed by atoms with van der Waals surface area (Å²) < 4.78 is 5.38. The summed E-state index contributed by atoms with van der Waals surface area (Å²) in [6.45, 7) is 5.60. The second-order valence-corrected chi connectivity index (χ2v) is 6.70. The number of rotatable bonds is 9. The van der Waals surface area contributed by atoms with E-state index in [0.717, 1.165) is 31.5 Å². The molecule has 4 N–H and O–H groups in total. The van der Waals surface area contributed by atoms with Crippen molar-refractivity contribution in [3.63, 3.8) is 0 Å². The van der Waals surface area contributed by atoms with Gasteiger partial charge in [0, 0.05) is 19.2 Å². The van der Waals surface area contributed by atoms with Gasteiger partial charge in [-0.3, -0.25) is 4.79 Å². The second-order valence-electron chi connectivity index (χ2n) is 6.70. The van der Waals surface area contributed by atoms with Crippen molar-refractivity contribution >= 4 is 29.6 Å². The molecule has 0 saturated carbocycles. The zero-order valence-electron chi connectivity index (χ0n) is 17.4. The van der Waals surface area contributed by atoms with Crippen LogP contribution in [0.1, 0.15) is 42.6 Å². The van der Waals surface area contributed by atoms with Crippen LogP contribution in [0.4, 0.5) is 5.69 Å². The van der Waals surface area contributed by atoms with Gasteiger partial charge in [-0.2, -0.15) is 0 Å². The molecule has 7 nitrogen and oxygen atoms in total. The van der Waals surface area contributed by atoms with Gasteiger partial charge in [0.1, 0.15) is 5.75 Å². The van der Waals surface area contributed by atoms with Gasteiger partial charge in [0.2, 0.25) is 5.91 Å². The number of guanidine groups is 1. The van der Waals surface area contributed by atoms with E-state index in [2.05, 4.69) is 18.8 Å². The van der Waals surface area contributed by atoms with Crippen LogP contribution < -0.4 is 16.2 Å². The summed E-state index contributed by atoms with van der Waals surface area (Å²) in [5.41, 5.74) is 12.4. The van der Waals surface area contributed by atoms with Gasteiger partial charge in [-0.25, -0.2) is 9.79 Å². The Morgan fingerprint density at radius 1 is 0.967 bits per heavy atom. The maximum atomic E-state index is 12.3. The molecule has 0 aliphatic heterocycles. The Bertz CT molecular complexity index is 893. The molecule has 0 bridgehead atoms. The lowest BCUT2D eigenvalue weighted by molar-refractivity contribution is -0.126. The molecule has 1 amide bonds. The molecular weight excluding hydrogens is 380 g/mol. The van der Waals surface area contributed by atoms with Crippen LogP contribution in [-0.2, 0) is 4.79 Å². The van der Waals surface area contributed by atoms with Crippen LogP contribution in [0, 0.1) is 0 Å². The molecule has 0 fully saturated rings. The molecule has 0 unspecified atom stereocenters. The first-order valence-corrected chi connectivity index (χ1v) is 9.91. The Morgan fingerprint density at radius 3 is 2.10 bits per heavy atom. The van der Waals surface area contributed by atoms with Gasteiger partial charge >= 0.3 is 5.97 Å². The lowest BCUT2D eigenvalue weighted by atomic mass is 10.2. The van der Waals surface area contributed by atoms with Crippen molar-refractivity contribution < 1.29 is 14.3 Å². The van der Waals surface area contributed by atoms with Crippen LogP contribution in [-0.4, -0.2) is 35.8 Å². The average Bonchev–Trinajstić information content (AvgIpc) is 2.73. The van der Waals surface area contributed by atoms with Crippen molar-refractivity contribution in [3.8, 4) is 5.75 Å². The highest BCUT2D eigenvalue weighted by molar-refractivity contribution is 5.92. The van der Waals surface area contributed by atoms with Gasteiger partial charge in [-0.1, -0.05) is 26.0 Å². The Balaban J connectivity index is 1.97. The highest BCUT2D eigenvalue weighted by atomic mass is 16.5. The third-order valence-electron chi connectivity index (χ3n) is 4.17. The molecule has 2 aromatic rings. The van der Waals surface area contributed by atoms with Crippen LogP contribution >= 0.6 is 0 Å². The summed E-state index contributed by atoms with van der Waals surface area (Å²) in [5, 5.41) is 0. The largest absolute Gasteiger partial charge is 0.423 e. The van der Waals surface area contributed by atoms with Crippen molar-refractivity contribution in [1.82, 2.24) is 4.90 Å². The Kier molecular flexibility index (Phi) is 8.62. The lowest BCUT2D eigenvalue weighted by Crippen LogP contribution is -2.30. The number of amides is 1. The minimum atomic E-state index is -0.487. The minimum Gasteiger partial charge on any atom is -0.423 e. The third-order valence-corrected chi connectivity index (χ3v) is 4.17. The molecule has 0 radical (unpaired) electrons. The SMILES string of the molecule is CCCN(CCC)C(=O)/C=C/c1ccc(OC(=O)c2ccc(N=C(N)N)cc2)cc1. The third kappa shape index (κ3) is 7.09. The van der Waals surface area contributed by atoms with E-state index < -0.39 is 5.97 Å². The summed E-state index contributed by atoms with van der Waals surface area (Å²) in [7, 11) is 0. The topological polar surface area (TPSA) is 111 Å². The molecule has 0 saturated heterocycles. The maximum absolute atomic E-state index is 12.3. The fourth-order valence-corrected chi connectivity index (χ4v) is 2.78. The van der Waals surface area contributed by atoms with E-state index in [1.165, 1.54) is 0 Å². The average molecular weight is 409 g/mol. The molecular formula is C23H28N4O3. The van der Waals surface area contributed by atoms with E-state index in [9.17, 15) is 9.59 Å². The van der Waals surface area contributed by atoms with Gasteiger partial charge in [-0.05, 0) is 60.9 Å². The lowest BCUT2D eigenvalue weighted by Gasteiger charge is -2.19. The summed E-state index contributed by atoms with van der Waals surface area (Å²) in [6, 6.07) is 13.4. The van der Waals surface area contributed by atoms with E-state index in [1.54, 1.807) is 60.7 Å². The van der Waals surface area contributed by atoms with Crippen molar-refractivity contribution in [3.05, 3.63) is 65.7 Å². The summed E-state index contributed by atoms with van der Waals surface area (Å²) in [4.78, 5) is 30.3. The number of aliphatic imine (C=N–C) groups is 1. The zero-order chi connectivity index (χ0) is 21.9. The molecule has 30 heavy (non-hydrogen) atoms. The van der Waals surface area contributed by atoms with Crippen molar-refractivity contribution in [2.75, 3.05) is 13.1 Å². The number of nitrogens with two attached hydrogens (primary N) is 2. The Morgan fingerprint density at radius 2 is 1.57 bits per heavy atom. The second kappa shape index (κ2) is 11.4. The molecule has 7 heteroatoms. The standard InChI is InChI=1S/C23H28N4O3/c1-3-15-27(16-4-2)21(28)14-7-17-5-12-20(13-6-17)30-22(29)18-8-10-19(11-9-18)26-23(24)25/h5-14H,3-4,15-16H2,1-2H3,(H4,24,25,26)/b14-7+. The van der Waals surface area contributed by atoms with Crippen molar-refractivity contribution in [1.29, 1.82) is 0 Å². The van der Waals surface area contributed by atoms with E-state index in [4.69, 9.17) is 16.2 Å². The molecule has 0 atom stereocenters.